The highest BCUT2D eigenvalue weighted by Crippen LogP contribution is 2.35. The summed E-state index contributed by atoms with van der Waals surface area (Å²) in [5.41, 5.74) is -0.206. The van der Waals surface area contributed by atoms with Crippen molar-refractivity contribution in [3.63, 3.8) is 0 Å². The van der Waals surface area contributed by atoms with Crippen LogP contribution in [-0.4, -0.2) is 33.9 Å². The number of piperidine rings is 1. The summed E-state index contributed by atoms with van der Waals surface area (Å²) in [7, 11) is 0. The maximum Gasteiger partial charge on any atom is 0.416 e. The highest BCUT2D eigenvalue weighted by Gasteiger charge is 2.31. The van der Waals surface area contributed by atoms with Gasteiger partial charge in [-0.2, -0.15) is 13.2 Å². The van der Waals surface area contributed by atoms with Gasteiger partial charge in [-0.15, -0.1) is 0 Å². The van der Waals surface area contributed by atoms with Crippen LogP contribution in [0, 0.1) is 0 Å². The van der Waals surface area contributed by atoms with Crippen molar-refractivity contribution in [2.24, 2.45) is 0 Å². The summed E-state index contributed by atoms with van der Waals surface area (Å²) in [5.74, 6) is 0.123. The second-order valence-electron chi connectivity index (χ2n) is 6.18. The quantitative estimate of drug-likeness (QED) is 0.750. The lowest BCUT2D eigenvalue weighted by Gasteiger charge is -2.31. The van der Waals surface area contributed by atoms with E-state index in [2.05, 4.69) is 16.5 Å². The zero-order valence-electron chi connectivity index (χ0n) is 14.4. The Labute approximate surface area is 154 Å². The molecule has 8 heteroatoms. The Morgan fingerprint density at radius 3 is 2.59 bits per heavy atom. The minimum atomic E-state index is -4.45. The van der Waals surface area contributed by atoms with E-state index >= 15 is 0 Å². The Kier molecular flexibility index (Phi) is 5.43. The molecule has 142 valence electrons. The summed E-state index contributed by atoms with van der Waals surface area (Å²) in [5, 5.41) is 0. The first-order valence-electron chi connectivity index (χ1n) is 8.46. The highest BCUT2D eigenvalue weighted by atomic mass is 19.4. The topological polar surface area (TPSA) is 55.3 Å². The van der Waals surface area contributed by atoms with Gasteiger partial charge in [0.2, 0.25) is 11.8 Å². The third-order valence-electron chi connectivity index (χ3n) is 4.44. The predicted octanol–water partition coefficient (Wildman–Crippen LogP) is 4.18. The number of alkyl halides is 3. The van der Waals surface area contributed by atoms with E-state index in [1.165, 1.54) is 30.6 Å². The Morgan fingerprint density at radius 1 is 1.22 bits per heavy atom. The van der Waals surface area contributed by atoms with Crippen molar-refractivity contribution in [3.05, 3.63) is 60.6 Å². The molecule has 1 saturated heterocycles. The van der Waals surface area contributed by atoms with Crippen molar-refractivity contribution < 1.29 is 22.7 Å². The third-order valence-corrected chi connectivity index (χ3v) is 4.44. The summed E-state index contributed by atoms with van der Waals surface area (Å²) in [6.45, 7) is 4.59. The van der Waals surface area contributed by atoms with Crippen LogP contribution in [0.25, 0.3) is 0 Å². The number of carbonyl (C=O) groups is 1. The molecule has 0 spiro atoms. The minimum Gasteiger partial charge on any atom is -0.437 e. The van der Waals surface area contributed by atoms with E-state index in [1.807, 2.05) is 0 Å². The molecular formula is C19H18F3N3O2. The van der Waals surface area contributed by atoms with E-state index in [4.69, 9.17) is 4.74 Å². The van der Waals surface area contributed by atoms with Gasteiger partial charge in [0.25, 0.3) is 0 Å². The van der Waals surface area contributed by atoms with Crippen LogP contribution in [0.5, 0.6) is 11.6 Å². The standard InChI is InChI=1S/C19H18F3N3O2/c1-2-16(26)25-10-6-13(7-11-25)17-18(24-9-8-23-17)27-15-5-3-4-14(12-15)19(20,21)22/h2-5,8-9,12-13H,1,6-7,10-11H2. The first-order chi connectivity index (χ1) is 12.9. The Morgan fingerprint density at radius 2 is 1.93 bits per heavy atom. The molecule has 1 aliphatic heterocycles. The molecule has 0 N–H and O–H groups in total. The van der Waals surface area contributed by atoms with E-state index in [-0.39, 0.29) is 23.5 Å². The van der Waals surface area contributed by atoms with Gasteiger partial charge in [-0.1, -0.05) is 12.6 Å². The number of ether oxygens (including phenoxy) is 1. The lowest BCUT2D eigenvalue weighted by atomic mass is 9.93. The fourth-order valence-corrected chi connectivity index (χ4v) is 3.04. The van der Waals surface area contributed by atoms with Crippen LogP contribution >= 0.6 is 0 Å². The molecule has 1 aromatic heterocycles. The molecule has 2 heterocycles. The zero-order chi connectivity index (χ0) is 19.4. The SMILES string of the molecule is C=CC(=O)N1CCC(c2nccnc2Oc2cccc(C(F)(F)F)c2)CC1. The highest BCUT2D eigenvalue weighted by molar-refractivity contribution is 5.87. The molecule has 0 aliphatic carbocycles. The molecule has 1 fully saturated rings. The number of hydrogen-bond donors (Lipinski definition) is 0. The normalized spacial score (nSPS) is 15.4. The van der Waals surface area contributed by atoms with Crippen molar-refractivity contribution in [2.75, 3.05) is 13.1 Å². The fourth-order valence-electron chi connectivity index (χ4n) is 3.04. The number of rotatable bonds is 4. The van der Waals surface area contributed by atoms with E-state index in [1.54, 1.807) is 4.90 Å². The minimum absolute atomic E-state index is 0.00774. The summed E-state index contributed by atoms with van der Waals surface area (Å²) in [4.78, 5) is 21.9. The van der Waals surface area contributed by atoms with Crippen LogP contribution in [0.1, 0.15) is 30.0 Å². The summed E-state index contributed by atoms with van der Waals surface area (Å²) >= 11 is 0. The summed E-state index contributed by atoms with van der Waals surface area (Å²) in [6.07, 6.45) is 1.12. The fraction of sp³-hybridized carbons (Fsp3) is 0.316. The van der Waals surface area contributed by atoms with E-state index in [0.29, 0.717) is 31.6 Å². The van der Waals surface area contributed by atoms with Gasteiger partial charge in [-0.3, -0.25) is 9.78 Å². The second kappa shape index (κ2) is 7.77. The number of nitrogens with zero attached hydrogens (tertiary/aromatic N) is 3. The van der Waals surface area contributed by atoms with Crippen molar-refractivity contribution in [1.29, 1.82) is 0 Å². The average molecular weight is 377 g/mol. The second-order valence-corrected chi connectivity index (χ2v) is 6.18. The number of benzene rings is 1. The van der Waals surface area contributed by atoms with Crippen LogP contribution in [0.2, 0.25) is 0 Å². The molecule has 27 heavy (non-hydrogen) atoms. The van der Waals surface area contributed by atoms with Crippen LogP contribution in [0.3, 0.4) is 0 Å². The van der Waals surface area contributed by atoms with E-state index in [0.717, 1.165) is 12.1 Å². The predicted molar refractivity (Wildman–Crippen MR) is 92.3 cm³/mol. The molecule has 0 unspecified atom stereocenters. The van der Waals surface area contributed by atoms with Gasteiger partial charge in [0.1, 0.15) is 11.4 Å². The third kappa shape index (κ3) is 4.45. The molecule has 0 atom stereocenters. The van der Waals surface area contributed by atoms with Crippen LogP contribution in [0.4, 0.5) is 13.2 Å². The number of halogens is 3. The van der Waals surface area contributed by atoms with Crippen molar-refractivity contribution >= 4 is 5.91 Å². The number of amides is 1. The first-order valence-corrected chi connectivity index (χ1v) is 8.46. The molecule has 2 aromatic rings. The molecule has 0 bridgehead atoms. The van der Waals surface area contributed by atoms with E-state index in [9.17, 15) is 18.0 Å². The van der Waals surface area contributed by atoms with Gasteiger partial charge in [0.15, 0.2) is 0 Å². The number of aromatic nitrogens is 2. The number of likely N-dealkylation sites (tertiary alicyclic amines) is 1. The largest absolute Gasteiger partial charge is 0.437 e. The van der Waals surface area contributed by atoms with Crippen LogP contribution in [0.15, 0.2) is 49.3 Å². The smallest absolute Gasteiger partial charge is 0.416 e. The molecule has 1 aromatic carbocycles. The monoisotopic (exact) mass is 377 g/mol. The van der Waals surface area contributed by atoms with Gasteiger partial charge < -0.3 is 9.64 Å². The lowest BCUT2D eigenvalue weighted by Crippen LogP contribution is -2.37. The first kappa shape index (κ1) is 18.9. The molecule has 3 rings (SSSR count). The maximum atomic E-state index is 12.9. The number of hydrogen-bond acceptors (Lipinski definition) is 4. The molecule has 0 radical (unpaired) electrons. The Hall–Kier alpha value is -2.90. The Bertz CT molecular complexity index is 831. The van der Waals surface area contributed by atoms with E-state index < -0.39 is 11.7 Å². The van der Waals surface area contributed by atoms with Crippen LogP contribution in [-0.2, 0) is 11.0 Å². The molecule has 1 amide bonds. The number of carbonyl (C=O) groups excluding carboxylic acids is 1. The maximum absolute atomic E-state index is 12.9. The average Bonchev–Trinajstić information content (AvgIpc) is 2.67. The Balaban J connectivity index is 1.78. The van der Waals surface area contributed by atoms with Crippen molar-refractivity contribution in [2.45, 2.75) is 24.9 Å². The molecular weight excluding hydrogens is 359 g/mol. The van der Waals surface area contributed by atoms with Crippen molar-refractivity contribution in [3.8, 4) is 11.6 Å². The summed E-state index contributed by atoms with van der Waals surface area (Å²) in [6, 6.07) is 4.65. The van der Waals surface area contributed by atoms with Gasteiger partial charge in [-0.25, -0.2) is 4.98 Å². The van der Waals surface area contributed by atoms with Gasteiger partial charge >= 0.3 is 6.18 Å². The van der Waals surface area contributed by atoms with Gasteiger partial charge in [0, 0.05) is 31.4 Å². The molecule has 5 nitrogen and oxygen atoms in total. The summed E-state index contributed by atoms with van der Waals surface area (Å²) < 4.78 is 44.3. The molecule has 1 aliphatic rings. The van der Waals surface area contributed by atoms with Crippen molar-refractivity contribution in [1.82, 2.24) is 14.9 Å². The lowest BCUT2D eigenvalue weighted by molar-refractivity contribution is -0.137. The zero-order valence-corrected chi connectivity index (χ0v) is 14.4. The van der Waals surface area contributed by atoms with Gasteiger partial charge in [0.05, 0.1) is 5.56 Å². The van der Waals surface area contributed by atoms with Crippen LogP contribution < -0.4 is 4.74 Å². The molecule has 0 saturated carbocycles. The van der Waals surface area contributed by atoms with Gasteiger partial charge in [-0.05, 0) is 37.1 Å².